The van der Waals surface area contributed by atoms with Crippen molar-refractivity contribution in [1.82, 2.24) is 15.0 Å². The first-order valence-electron chi connectivity index (χ1n) is 8.57. The fourth-order valence-electron chi connectivity index (χ4n) is 2.62. The Labute approximate surface area is 161 Å². The molecule has 0 atom stereocenters. The number of carbonyl (C=O) groups excluding carboxylic acids is 1. The second kappa shape index (κ2) is 8.72. The van der Waals surface area contributed by atoms with Gasteiger partial charge in [0.1, 0.15) is 6.54 Å². The summed E-state index contributed by atoms with van der Waals surface area (Å²) in [5.74, 6) is 0.600. The number of aromatic nitrogens is 2. The fourth-order valence-corrected chi connectivity index (χ4v) is 2.62. The van der Waals surface area contributed by atoms with Crippen molar-refractivity contribution in [3.8, 4) is 11.4 Å². The zero-order valence-electron chi connectivity index (χ0n) is 15.0. The van der Waals surface area contributed by atoms with Crippen LogP contribution in [-0.4, -0.2) is 32.4 Å². The highest BCUT2D eigenvalue weighted by molar-refractivity contribution is 5.79. The summed E-state index contributed by atoms with van der Waals surface area (Å²) in [5.41, 5.74) is 1.49. The third kappa shape index (κ3) is 4.67. The molecule has 0 aliphatic carbocycles. The Morgan fingerprint density at radius 3 is 2.54 bits per heavy atom. The van der Waals surface area contributed by atoms with E-state index < -0.39 is 4.92 Å². The molecular weight excluding hydrogens is 360 g/mol. The molecule has 0 saturated carbocycles. The maximum absolute atomic E-state index is 12.7. The first kappa shape index (κ1) is 19.0. The van der Waals surface area contributed by atoms with Crippen LogP contribution in [0.3, 0.4) is 0 Å². The van der Waals surface area contributed by atoms with Crippen LogP contribution in [0.1, 0.15) is 11.5 Å². The average Bonchev–Trinajstić information content (AvgIpc) is 3.17. The molecule has 0 N–H and O–H groups in total. The van der Waals surface area contributed by atoms with Gasteiger partial charge in [-0.3, -0.25) is 14.9 Å². The lowest BCUT2D eigenvalue weighted by atomic mass is 10.1. The van der Waals surface area contributed by atoms with Gasteiger partial charge in [-0.15, -0.1) is 6.58 Å². The van der Waals surface area contributed by atoms with Crippen LogP contribution in [0.5, 0.6) is 0 Å². The van der Waals surface area contributed by atoms with Gasteiger partial charge in [-0.25, -0.2) is 0 Å². The number of hydrogen-bond acceptors (Lipinski definition) is 6. The molecule has 3 aromatic rings. The van der Waals surface area contributed by atoms with Gasteiger partial charge in [-0.05, 0) is 5.56 Å². The predicted molar refractivity (Wildman–Crippen MR) is 102 cm³/mol. The number of amides is 1. The van der Waals surface area contributed by atoms with E-state index in [-0.39, 0.29) is 24.6 Å². The summed E-state index contributed by atoms with van der Waals surface area (Å²) in [6.45, 7) is 4.14. The lowest BCUT2D eigenvalue weighted by Gasteiger charge is -2.19. The van der Waals surface area contributed by atoms with E-state index in [0.717, 1.165) is 5.56 Å². The summed E-state index contributed by atoms with van der Waals surface area (Å²) in [7, 11) is 0. The molecular formula is C20H18N4O4. The minimum absolute atomic E-state index is 0.0153. The van der Waals surface area contributed by atoms with Gasteiger partial charge in [-0.2, -0.15) is 4.98 Å². The molecule has 0 fully saturated rings. The Hall–Kier alpha value is -3.81. The van der Waals surface area contributed by atoms with Crippen molar-refractivity contribution in [3.05, 3.63) is 88.8 Å². The molecule has 0 aliphatic heterocycles. The topological polar surface area (TPSA) is 102 Å². The molecule has 0 unspecified atom stereocenters. The summed E-state index contributed by atoms with van der Waals surface area (Å²) in [6.07, 6.45) is 1.72. The molecule has 1 heterocycles. The van der Waals surface area contributed by atoms with Gasteiger partial charge in [0.15, 0.2) is 0 Å². The molecule has 1 aromatic heterocycles. The highest BCUT2D eigenvalue weighted by Gasteiger charge is 2.18. The number of hydrogen-bond donors (Lipinski definition) is 0. The van der Waals surface area contributed by atoms with Gasteiger partial charge in [0.2, 0.25) is 17.6 Å². The molecule has 0 bridgehead atoms. The number of carbonyl (C=O) groups is 1. The van der Waals surface area contributed by atoms with E-state index in [2.05, 4.69) is 16.7 Å². The van der Waals surface area contributed by atoms with Crippen LogP contribution in [0, 0.1) is 10.1 Å². The van der Waals surface area contributed by atoms with Crippen LogP contribution in [-0.2, 0) is 17.8 Å². The van der Waals surface area contributed by atoms with Crippen LogP contribution >= 0.6 is 0 Å². The van der Waals surface area contributed by atoms with E-state index in [0.29, 0.717) is 23.8 Å². The van der Waals surface area contributed by atoms with Gasteiger partial charge in [0, 0.05) is 24.2 Å². The van der Waals surface area contributed by atoms with Gasteiger partial charge < -0.3 is 9.42 Å². The number of rotatable bonds is 8. The Bertz CT molecular complexity index is 967. The number of benzene rings is 2. The number of nitro groups is 1. The second-order valence-corrected chi connectivity index (χ2v) is 6.04. The maximum atomic E-state index is 12.7. The molecule has 0 saturated heterocycles. The molecule has 0 aliphatic rings. The Balaban J connectivity index is 1.69. The largest absolute Gasteiger partial charge is 0.337 e. The third-order valence-corrected chi connectivity index (χ3v) is 4.03. The first-order chi connectivity index (χ1) is 13.6. The predicted octanol–water partition coefficient (Wildman–Crippen LogP) is 3.40. The third-order valence-electron chi connectivity index (χ3n) is 4.03. The van der Waals surface area contributed by atoms with E-state index >= 15 is 0 Å². The quantitative estimate of drug-likeness (QED) is 0.338. The van der Waals surface area contributed by atoms with E-state index in [1.54, 1.807) is 18.2 Å². The Kier molecular flexibility index (Phi) is 5.91. The summed E-state index contributed by atoms with van der Waals surface area (Å²) in [6, 6.07) is 15.3. The van der Waals surface area contributed by atoms with Crippen molar-refractivity contribution in [2.45, 2.75) is 13.0 Å². The van der Waals surface area contributed by atoms with Crippen molar-refractivity contribution in [2.24, 2.45) is 0 Å². The standard InChI is InChI=1S/C20H18N4O4/c1-2-12-23(19(25)13-15-8-10-17(11-9-15)24(26)27)14-18-21-20(22-28-18)16-6-4-3-5-7-16/h2-11H,1,12-14H2. The lowest BCUT2D eigenvalue weighted by molar-refractivity contribution is -0.384. The van der Waals surface area contributed by atoms with Crippen molar-refractivity contribution in [1.29, 1.82) is 0 Å². The molecule has 8 heteroatoms. The van der Waals surface area contributed by atoms with Gasteiger partial charge >= 0.3 is 0 Å². The molecule has 2 aromatic carbocycles. The summed E-state index contributed by atoms with van der Waals surface area (Å²) in [4.78, 5) is 28.8. The van der Waals surface area contributed by atoms with Crippen molar-refractivity contribution >= 4 is 11.6 Å². The minimum Gasteiger partial charge on any atom is -0.337 e. The van der Waals surface area contributed by atoms with Crippen LogP contribution in [0.4, 0.5) is 5.69 Å². The minimum atomic E-state index is -0.477. The SMILES string of the molecule is C=CCN(Cc1nc(-c2ccccc2)no1)C(=O)Cc1ccc([N+](=O)[O-])cc1. The Morgan fingerprint density at radius 2 is 1.89 bits per heavy atom. The molecule has 0 radical (unpaired) electrons. The van der Waals surface area contributed by atoms with Crippen LogP contribution < -0.4 is 0 Å². The van der Waals surface area contributed by atoms with E-state index in [1.807, 2.05) is 30.3 Å². The first-order valence-corrected chi connectivity index (χ1v) is 8.57. The lowest BCUT2D eigenvalue weighted by Crippen LogP contribution is -2.32. The number of non-ortho nitro benzene ring substituents is 1. The summed E-state index contributed by atoms with van der Waals surface area (Å²) >= 11 is 0. The van der Waals surface area contributed by atoms with Crippen LogP contribution in [0.25, 0.3) is 11.4 Å². The zero-order valence-corrected chi connectivity index (χ0v) is 15.0. The van der Waals surface area contributed by atoms with Crippen molar-refractivity contribution in [2.75, 3.05) is 6.54 Å². The van der Waals surface area contributed by atoms with E-state index in [1.165, 1.54) is 17.0 Å². The second-order valence-electron chi connectivity index (χ2n) is 6.04. The normalized spacial score (nSPS) is 10.4. The van der Waals surface area contributed by atoms with Crippen LogP contribution in [0.15, 0.2) is 71.8 Å². The molecule has 28 heavy (non-hydrogen) atoms. The molecule has 1 amide bonds. The smallest absolute Gasteiger partial charge is 0.269 e. The van der Waals surface area contributed by atoms with E-state index in [4.69, 9.17) is 4.52 Å². The number of nitrogens with zero attached hydrogens (tertiary/aromatic N) is 4. The zero-order chi connectivity index (χ0) is 19.9. The number of nitro benzene ring substituents is 1. The molecule has 142 valence electrons. The van der Waals surface area contributed by atoms with Gasteiger partial charge in [-0.1, -0.05) is 53.7 Å². The molecule has 3 rings (SSSR count). The van der Waals surface area contributed by atoms with Crippen molar-refractivity contribution in [3.63, 3.8) is 0 Å². The van der Waals surface area contributed by atoms with Crippen LogP contribution in [0.2, 0.25) is 0 Å². The monoisotopic (exact) mass is 378 g/mol. The highest BCUT2D eigenvalue weighted by atomic mass is 16.6. The molecule has 8 nitrogen and oxygen atoms in total. The fraction of sp³-hybridized carbons (Fsp3) is 0.150. The summed E-state index contributed by atoms with van der Waals surface area (Å²) in [5, 5.41) is 14.7. The van der Waals surface area contributed by atoms with Crippen molar-refractivity contribution < 1.29 is 14.2 Å². The van der Waals surface area contributed by atoms with Gasteiger partial charge in [0.05, 0.1) is 11.3 Å². The maximum Gasteiger partial charge on any atom is 0.269 e. The van der Waals surface area contributed by atoms with Gasteiger partial charge in [0.25, 0.3) is 5.69 Å². The Morgan fingerprint density at radius 1 is 1.18 bits per heavy atom. The van der Waals surface area contributed by atoms with E-state index in [9.17, 15) is 14.9 Å². The average molecular weight is 378 g/mol. The summed E-state index contributed by atoms with van der Waals surface area (Å²) < 4.78 is 5.27. The molecule has 0 spiro atoms. The highest BCUT2D eigenvalue weighted by Crippen LogP contribution is 2.17.